The van der Waals surface area contributed by atoms with Crippen LogP contribution in [-0.4, -0.2) is 5.54 Å². The fourth-order valence-corrected chi connectivity index (χ4v) is 3.80. The van der Waals surface area contributed by atoms with Crippen molar-refractivity contribution in [2.24, 2.45) is 0 Å². The lowest BCUT2D eigenvalue weighted by atomic mass is 9.72. The molecule has 3 rings (SSSR count). The molecule has 1 saturated carbocycles. The van der Waals surface area contributed by atoms with E-state index in [1.807, 2.05) is 0 Å². The molecule has 1 unspecified atom stereocenters. The van der Waals surface area contributed by atoms with E-state index in [1.165, 1.54) is 44.2 Å². The first-order chi connectivity index (χ1) is 7.79. The van der Waals surface area contributed by atoms with Crippen LogP contribution in [0.4, 0.5) is 5.69 Å². The number of nitrogens with two attached hydrogens (primary N) is 1. The van der Waals surface area contributed by atoms with Crippen molar-refractivity contribution in [3.63, 3.8) is 0 Å². The van der Waals surface area contributed by atoms with Crippen LogP contribution in [0.3, 0.4) is 0 Å². The molecule has 1 aromatic rings. The van der Waals surface area contributed by atoms with Gasteiger partial charge in [0, 0.05) is 24.8 Å². The van der Waals surface area contributed by atoms with Gasteiger partial charge in [-0.2, -0.15) is 0 Å². The second kappa shape index (κ2) is 4.99. The normalized spacial score (nSPS) is 26.1. The first kappa shape index (κ1) is 12.9. The molecule has 1 aliphatic heterocycles. The zero-order valence-electron chi connectivity index (χ0n) is 10.6. The largest absolute Gasteiger partial charge is 1.00 e. The summed E-state index contributed by atoms with van der Waals surface area (Å²) in [5, 5.41) is 2.60. The molecule has 0 aromatic heterocycles. The van der Waals surface area contributed by atoms with Crippen LogP contribution >= 0.6 is 0 Å². The molecule has 2 aliphatic rings. The number of rotatable bonds is 0. The first-order valence-electron chi connectivity index (χ1n) is 6.74. The minimum absolute atomic E-state index is 0. The molecule has 1 aromatic carbocycles. The van der Waals surface area contributed by atoms with Crippen molar-refractivity contribution < 1.29 is 17.7 Å². The average Bonchev–Trinajstić information content (AvgIpc) is 2.30. The third-order valence-electron chi connectivity index (χ3n) is 4.55. The van der Waals surface area contributed by atoms with Gasteiger partial charge >= 0.3 is 0 Å². The van der Waals surface area contributed by atoms with E-state index in [-0.39, 0.29) is 12.4 Å². The highest BCUT2D eigenvalue weighted by molar-refractivity contribution is 5.43. The predicted octanol–water partition coefficient (Wildman–Crippen LogP) is 0.0956. The van der Waals surface area contributed by atoms with Crippen molar-refractivity contribution in [3.8, 4) is 0 Å². The number of hydrogen-bond donors (Lipinski definition) is 1. The summed E-state index contributed by atoms with van der Waals surface area (Å²) in [5.41, 5.74) is 3.63. The van der Waals surface area contributed by atoms with Gasteiger partial charge in [-0.25, -0.2) is 0 Å². The predicted molar refractivity (Wildman–Crippen MR) is 66.9 cm³/mol. The van der Waals surface area contributed by atoms with Gasteiger partial charge in [-0.05, 0) is 24.8 Å². The van der Waals surface area contributed by atoms with E-state index >= 15 is 0 Å². The van der Waals surface area contributed by atoms with Crippen LogP contribution in [0.5, 0.6) is 0 Å². The molecule has 1 atom stereocenters. The number of fused-ring (bicyclic) bond motifs is 1. The molecule has 0 saturated heterocycles. The Bertz CT molecular complexity index is 382. The molecule has 0 bridgehead atoms. The maximum absolute atomic E-state index is 2.60. The van der Waals surface area contributed by atoms with Gasteiger partial charge in [0.05, 0.1) is 0 Å². The molecule has 1 spiro atoms. The van der Waals surface area contributed by atoms with Gasteiger partial charge in [-0.15, -0.1) is 0 Å². The number of benzene rings is 1. The van der Waals surface area contributed by atoms with Crippen LogP contribution < -0.4 is 17.7 Å². The number of quaternary nitrogens is 1. The molecule has 0 radical (unpaired) electrons. The summed E-state index contributed by atoms with van der Waals surface area (Å²) in [6, 6.07) is 8.99. The summed E-state index contributed by atoms with van der Waals surface area (Å²) in [6.07, 6.45) is 8.55. The molecular weight excluding hydrogens is 230 g/mol. The lowest BCUT2D eigenvalue weighted by molar-refractivity contribution is -0.665. The Balaban J connectivity index is 0.00000108. The second-order valence-corrected chi connectivity index (χ2v) is 5.80. The fourth-order valence-electron chi connectivity index (χ4n) is 3.80. The van der Waals surface area contributed by atoms with Crippen molar-refractivity contribution >= 4 is 5.69 Å². The van der Waals surface area contributed by atoms with Gasteiger partial charge in [0.2, 0.25) is 0 Å². The highest BCUT2D eigenvalue weighted by Gasteiger charge is 2.41. The van der Waals surface area contributed by atoms with E-state index in [0.717, 1.165) is 5.92 Å². The maximum Gasteiger partial charge on any atom is 0.133 e. The fraction of sp³-hybridized carbons (Fsp3) is 0.600. The summed E-state index contributed by atoms with van der Waals surface area (Å²) in [5.74, 6) is 0.749. The molecule has 1 nitrogen and oxygen atoms in total. The Kier molecular flexibility index (Phi) is 3.79. The Labute approximate surface area is 110 Å². The average molecular weight is 252 g/mol. The minimum Gasteiger partial charge on any atom is -1.00 e. The van der Waals surface area contributed by atoms with Gasteiger partial charge in [0.25, 0.3) is 0 Å². The summed E-state index contributed by atoms with van der Waals surface area (Å²) in [4.78, 5) is 0. The van der Waals surface area contributed by atoms with E-state index in [0.29, 0.717) is 5.54 Å². The SMILES string of the molecule is CC1CC2(CCCCC2)[NH2+]c2ccccc21.[Cl-]. The summed E-state index contributed by atoms with van der Waals surface area (Å²) >= 11 is 0. The third kappa shape index (κ3) is 2.36. The molecule has 2 N–H and O–H groups in total. The van der Waals surface area contributed by atoms with E-state index < -0.39 is 0 Å². The monoisotopic (exact) mass is 251 g/mol. The Morgan fingerprint density at radius 3 is 2.59 bits per heavy atom. The van der Waals surface area contributed by atoms with Crippen LogP contribution in [-0.2, 0) is 0 Å². The van der Waals surface area contributed by atoms with Crippen LogP contribution in [0.15, 0.2) is 24.3 Å². The number of halogens is 1. The summed E-state index contributed by atoms with van der Waals surface area (Å²) in [6.45, 7) is 2.40. The second-order valence-electron chi connectivity index (χ2n) is 5.80. The Morgan fingerprint density at radius 1 is 1.12 bits per heavy atom. The Morgan fingerprint density at radius 2 is 1.82 bits per heavy atom. The molecule has 0 amide bonds. The van der Waals surface area contributed by atoms with Gasteiger partial charge in [0.1, 0.15) is 11.2 Å². The molecule has 2 heteroatoms. The third-order valence-corrected chi connectivity index (χ3v) is 4.55. The summed E-state index contributed by atoms with van der Waals surface area (Å²) in [7, 11) is 0. The molecule has 1 heterocycles. The van der Waals surface area contributed by atoms with Crippen molar-refractivity contribution in [1.29, 1.82) is 0 Å². The smallest absolute Gasteiger partial charge is 0.133 e. The first-order valence-corrected chi connectivity index (χ1v) is 6.74. The van der Waals surface area contributed by atoms with E-state index in [9.17, 15) is 0 Å². The van der Waals surface area contributed by atoms with E-state index in [4.69, 9.17) is 0 Å². The lowest BCUT2D eigenvalue weighted by Gasteiger charge is -2.40. The van der Waals surface area contributed by atoms with Gasteiger partial charge in [-0.3, -0.25) is 0 Å². The standard InChI is InChI=1S/C15H21N.ClH/c1-12-11-15(9-5-2-6-10-15)16-14-8-4-3-7-13(12)14;/h3-4,7-8,12,16H,2,5-6,9-11H2,1H3;1H. The van der Waals surface area contributed by atoms with Crippen LogP contribution in [0.1, 0.15) is 56.9 Å². The van der Waals surface area contributed by atoms with Crippen LogP contribution in [0.2, 0.25) is 0 Å². The van der Waals surface area contributed by atoms with E-state index in [2.05, 4.69) is 36.5 Å². The quantitative estimate of drug-likeness (QED) is 0.630. The lowest BCUT2D eigenvalue weighted by Crippen LogP contribution is -3.00. The van der Waals surface area contributed by atoms with Crippen molar-refractivity contribution in [1.82, 2.24) is 0 Å². The van der Waals surface area contributed by atoms with Gasteiger partial charge in [0.15, 0.2) is 0 Å². The molecular formula is C15H22ClN. The van der Waals surface area contributed by atoms with E-state index in [1.54, 1.807) is 5.56 Å². The molecule has 17 heavy (non-hydrogen) atoms. The molecule has 94 valence electrons. The highest BCUT2D eigenvalue weighted by atomic mass is 35.5. The Hall–Kier alpha value is -0.530. The minimum atomic E-state index is 0. The van der Waals surface area contributed by atoms with Gasteiger partial charge < -0.3 is 17.7 Å². The van der Waals surface area contributed by atoms with Crippen molar-refractivity contribution in [3.05, 3.63) is 29.8 Å². The van der Waals surface area contributed by atoms with Crippen molar-refractivity contribution in [2.75, 3.05) is 0 Å². The van der Waals surface area contributed by atoms with Crippen molar-refractivity contribution in [2.45, 2.75) is 56.9 Å². The highest BCUT2D eigenvalue weighted by Crippen LogP contribution is 2.39. The maximum atomic E-state index is 2.60. The van der Waals surface area contributed by atoms with Crippen LogP contribution in [0, 0.1) is 0 Å². The summed E-state index contributed by atoms with van der Waals surface area (Å²) < 4.78 is 0. The topological polar surface area (TPSA) is 16.6 Å². The van der Waals surface area contributed by atoms with Gasteiger partial charge in [-0.1, -0.05) is 31.5 Å². The zero-order chi connectivity index (χ0) is 11.0. The van der Waals surface area contributed by atoms with Crippen LogP contribution in [0.25, 0.3) is 0 Å². The molecule has 1 aliphatic carbocycles. The molecule has 1 fully saturated rings. The number of hydrogen-bond acceptors (Lipinski definition) is 0. The number of para-hydroxylation sites is 1. The zero-order valence-corrected chi connectivity index (χ0v) is 11.3.